The molecule has 0 saturated heterocycles. The number of amides is 1. The Morgan fingerprint density at radius 3 is 2.96 bits per heavy atom. The van der Waals surface area contributed by atoms with Gasteiger partial charge < -0.3 is 9.88 Å². The maximum Gasteiger partial charge on any atom is 0.272 e. The van der Waals surface area contributed by atoms with Crippen LogP contribution in [0.3, 0.4) is 0 Å². The summed E-state index contributed by atoms with van der Waals surface area (Å²) in [6.07, 6.45) is 1.77. The van der Waals surface area contributed by atoms with Crippen molar-refractivity contribution in [3.8, 4) is 0 Å². The van der Waals surface area contributed by atoms with E-state index in [9.17, 15) is 4.79 Å². The summed E-state index contributed by atoms with van der Waals surface area (Å²) in [5, 5.41) is 16.4. The lowest BCUT2D eigenvalue weighted by atomic mass is 10.3. The van der Waals surface area contributed by atoms with Gasteiger partial charge in [0, 0.05) is 0 Å². The van der Waals surface area contributed by atoms with Gasteiger partial charge >= 0.3 is 0 Å². The maximum atomic E-state index is 12.2. The van der Waals surface area contributed by atoms with E-state index < -0.39 is 0 Å². The topological polar surface area (TPSA) is 117 Å². The molecule has 1 amide bonds. The fourth-order valence-corrected chi connectivity index (χ4v) is 2.60. The van der Waals surface area contributed by atoms with Crippen molar-refractivity contribution < 1.29 is 4.79 Å². The molecule has 0 atom stereocenters. The van der Waals surface area contributed by atoms with Crippen LogP contribution in [0.25, 0.3) is 11.0 Å². The highest BCUT2D eigenvalue weighted by atomic mass is 16.1. The lowest BCUT2D eigenvalue weighted by Gasteiger charge is -2.01. The highest BCUT2D eigenvalue weighted by Crippen LogP contribution is 2.13. The number of aryl methyl sites for hydroxylation is 1. The second kappa shape index (κ2) is 6.19. The number of H-pyrrole nitrogens is 2. The molecule has 0 bridgehead atoms. The van der Waals surface area contributed by atoms with Gasteiger partial charge in [0.1, 0.15) is 11.5 Å². The summed E-state index contributed by atoms with van der Waals surface area (Å²) in [6, 6.07) is 9.62. The number of aromatic amines is 2. The molecule has 0 aliphatic rings. The minimum Gasteiger partial charge on any atom is -0.343 e. The summed E-state index contributed by atoms with van der Waals surface area (Å²) in [5.74, 6) is 0.964. The Morgan fingerprint density at radius 1 is 1.24 bits per heavy atom. The standard InChI is InChI=1S/C16H16N8O/c1-10-19-15(23-20-10)7-17-16(25)13-6-11(21-22-13)8-24-9-18-12-4-2-3-5-14(12)24/h2-6,9H,7-8H2,1H3,(H,17,25)(H,21,22)(H,19,20,23). The first-order chi connectivity index (χ1) is 12.2. The number of nitrogens with one attached hydrogen (secondary N) is 3. The molecule has 9 nitrogen and oxygen atoms in total. The van der Waals surface area contributed by atoms with Crippen LogP contribution in [0.15, 0.2) is 36.7 Å². The van der Waals surface area contributed by atoms with Crippen LogP contribution >= 0.6 is 0 Å². The predicted molar refractivity (Wildman–Crippen MR) is 89.7 cm³/mol. The molecule has 9 heteroatoms. The van der Waals surface area contributed by atoms with Gasteiger partial charge in [-0.3, -0.25) is 15.0 Å². The second-order valence-electron chi connectivity index (χ2n) is 5.66. The van der Waals surface area contributed by atoms with E-state index >= 15 is 0 Å². The van der Waals surface area contributed by atoms with Crippen LogP contribution in [0.1, 0.15) is 27.8 Å². The highest BCUT2D eigenvalue weighted by Gasteiger charge is 2.12. The van der Waals surface area contributed by atoms with Gasteiger partial charge in [-0.15, -0.1) is 0 Å². The SMILES string of the molecule is Cc1nc(CNC(=O)c2cc(Cn3cnc4ccccc43)[nH]n2)n[nH]1. The Labute approximate surface area is 142 Å². The Hall–Kier alpha value is -3.49. The molecule has 0 aliphatic heterocycles. The van der Waals surface area contributed by atoms with Crippen LogP contribution in [-0.4, -0.2) is 40.8 Å². The number of hydrogen-bond acceptors (Lipinski definition) is 5. The van der Waals surface area contributed by atoms with E-state index in [4.69, 9.17) is 0 Å². The third-order valence-corrected chi connectivity index (χ3v) is 3.78. The summed E-state index contributed by atoms with van der Waals surface area (Å²) in [5.41, 5.74) is 3.11. The average Bonchev–Trinajstić information content (AvgIpc) is 3.34. The quantitative estimate of drug-likeness (QED) is 0.505. The molecule has 1 aromatic carbocycles. The Morgan fingerprint density at radius 2 is 2.12 bits per heavy atom. The number of benzene rings is 1. The Kier molecular flexibility index (Phi) is 3.73. The zero-order valence-corrected chi connectivity index (χ0v) is 13.5. The van der Waals surface area contributed by atoms with Crippen LogP contribution in [-0.2, 0) is 13.1 Å². The zero-order chi connectivity index (χ0) is 17.2. The van der Waals surface area contributed by atoms with Crippen LogP contribution in [0.5, 0.6) is 0 Å². The third-order valence-electron chi connectivity index (χ3n) is 3.78. The lowest BCUT2D eigenvalue weighted by Crippen LogP contribution is -2.23. The molecule has 0 unspecified atom stereocenters. The Bertz CT molecular complexity index is 1030. The lowest BCUT2D eigenvalue weighted by molar-refractivity contribution is 0.0945. The molecule has 4 rings (SSSR count). The van der Waals surface area contributed by atoms with Gasteiger partial charge in [0.05, 0.1) is 36.1 Å². The summed E-state index contributed by atoms with van der Waals surface area (Å²) in [4.78, 5) is 20.7. The van der Waals surface area contributed by atoms with Gasteiger partial charge in [0.2, 0.25) is 0 Å². The van der Waals surface area contributed by atoms with Crippen molar-refractivity contribution in [3.05, 3.63) is 59.7 Å². The number of nitrogens with zero attached hydrogens (tertiary/aromatic N) is 5. The van der Waals surface area contributed by atoms with Crippen molar-refractivity contribution in [2.75, 3.05) is 0 Å². The summed E-state index contributed by atoms with van der Waals surface area (Å²) in [6.45, 7) is 2.61. The Balaban J connectivity index is 1.43. The number of hydrogen-bond donors (Lipinski definition) is 3. The largest absolute Gasteiger partial charge is 0.343 e. The zero-order valence-electron chi connectivity index (χ0n) is 13.5. The fourth-order valence-electron chi connectivity index (χ4n) is 2.60. The van der Waals surface area contributed by atoms with E-state index in [0.29, 0.717) is 23.9 Å². The minimum absolute atomic E-state index is 0.248. The van der Waals surface area contributed by atoms with E-state index in [1.54, 1.807) is 19.3 Å². The first-order valence-electron chi connectivity index (χ1n) is 7.79. The van der Waals surface area contributed by atoms with Crippen molar-refractivity contribution >= 4 is 16.9 Å². The summed E-state index contributed by atoms with van der Waals surface area (Å²) in [7, 11) is 0. The second-order valence-corrected chi connectivity index (χ2v) is 5.66. The summed E-state index contributed by atoms with van der Waals surface area (Å²) < 4.78 is 2.00. The first-order valence-corrected chi connectivity index (χ1v) is 7.79. The number of aromatic nitrogens is 7. The normalized spacial score (nSPS) is 11.1. The molecule has 0 saturated carbocycles. The van der Waals surface area contributed by atoms with E-state index in [0.717, 1.165) is 16.7 Å². The van der Waals surface area contributed by atoms with Gasteiger partial charge in [-0.05, 0) is 25.1 Å². The highest BCUT2D eigenvalue weighted by molar-refractivity contribution is 5.92. The molecule has 0 fully saturated rings. The number of rotatable bonds is 5. The number of carbonyl (C=O) groups is 1. The summed E-state index contributed by atoms with van der Waals surface area (Å²) >= 11 is 0. The van der Waals surface area contributed by atoms with Crippen LogP contribution in [0.4, 0.5) is 0 Å². The van der Waals surface area contributed by atoms with E-state index in [1.165, 1.54) is 0 Å². The van der Waals surface area contributed by atoms with E-state index in [-0.39, 0.29) is 12.5 Å². The van der Waals surface area contributed by atoms with Crippen molar-refractivity contribution in [2.45, 2.75) is 20.0 Å². The number of para-hydroxylation sites is 2. The molecule has 0 radical (unpaired) electrons. The predicted octanol–water partition coefficient (Wildman–Crippen LogP) is 1.16. The molecule has 4 aromatic rings. The van der Waals surface area contributed by atoms with Crippen LogP contribution in [0.2, 0.25) is 0 Å². The molecule has 0 aliphatic carbocycles. The molecule has 3 aromatic heterocycles. The van der Waals surface area contributed by atoms with Gasteiger partial charge in [0.15, 0.2) is 5.82 Å². The monoisotopic (exact) mass is 336 g/mol. The van der Waals surface area contributed by atoms with E-state index in [2.05, 4.69) is 35.7 Å². The van der Waals surface area contributed by atoms with Gasteiger partial charge in [-0.2, -0.15) is 10.2 Å². The molecule has 3 heterocycles. The average molecular weight is 336 g/mol. The van der Waals surface area contributed by atoms with Crippen LogP contribution in [0, 0.1) is 6.92 Å². The molecular formula is C16H16N8O. The first kappa shape index (κ1) is 15.1. The van der Waals surface area contributed by atoms with Crippen molar-refractivity contribution in [2.24, 2.45) is 0 Å². The molecule has 3 N–H and O–H groups in total. The van der Waals surface area contributed by atoms with Gasteiger partial charge in [-0.25, -0.2) is 9.97 Å². The van der Waals surface area contributed by atoms with Crippen molar-refractivity contribution in [1.29, 1.82) is 0 Å². The number of imidazole rings is 1. The number of carbonyl (C=O) groups excluding carboxylic acids is 1. The van der Waals surface area contributed by atoms with Crippen molar-refractivity contribution in [1.82, 2.24) is 40.2 Å². The minimum atomic E-state index is -0.277. The van der Waals surface area contributed by atoms with Crippen LogP contribution < -0.4 is 5.32 Å². The third kappa shape index (κ3) is 3.11. The molecule has 25 heavy (non-hydrogen) atoms. The van der Waals surface area contributed by atoms with E-state index in [1.807, 2.05) is 28.8 Å². The maximum absolute atomic E-state index is 12.2. The number of fused-ring (bicyclic) bond motifs is 1. The van der Waals surface area contributed by atoms with Crippen molar-refractivity contribution in [3.63, 3.8) is 0 Å². The molecular weight excluding hydrogens is 320 g/mol. The smallest absolute Gasteiger partial charge is 0.272 e. The van der Waals surface area contributed by atoms with Gasteiger partial charge in [-0.1, -0.05) is 12.1 Å². The molecule has 0 spiro atoms. The fraction of sp³-hybridized carbons (Fsp3) is 0.188. The van der Waals surface area contributed by atoms with Gasteiger partial charge in [0.25, 0.3) is 5.91 Å². The molecule has 126 valence electrons.